The molecule has 0 unspecified atom stereocenters. The van der Waals surface area contributed by atoms with Gasteiger partial charge in [-0.15, -0.1) is 10.2 Å². The fourth-order valence-electron chi connectivity index (χ4n) is 3.69. The Balaban J connectivity index is 1.45. The number of rotatable bonds is 4. The molecule has 0 amide bonds. The first-order valence-corrected chi connectivity index (χ1v) is 10.3. The van der Waals surface area contributed by atoms with Gasteiger partial charge < -0.3 is 0 Å². The van der Waals surface area contributed by atoms with E-state index in [1.54, 1.807) is 12.1 Å². The number of hydrogen-bond acceptors (Lipinski definition) is 4. The molecule has 0 radical (unpaired) electrons. The van der Waals surface area contributed by atoms with Crippen molar-refractivity contribution in [3.63, 3.8) is 0 Å². The molecule has 1 aliphatic rings. The van der Waals surface area contributed by atoms with Gasteiger partial charge in [0.25, 0.3) is 0 Å². The zero-order chi connectivity index (χ0) is 20.9. The van der Waals surface area contributed by atoms with Crippen molar-refractivity contribution in [2.45, 2.75) is 36.3 Å². The van der Waals surface area contributed by atoms with Crippen molar-refractivity contribution in [3.05, 3.63) is 70.9 Å². The topological polar surface area (TPSA) is 48.0 Å². The molecule has 5 nitrogen and oxygen atoms in total. The fraction of sp³-hybridized carbons (Fsp3) is 0.250. The number of benzene rings is 1. The number of aromatic nitrogens is 5. The minimum Gasteiger partial charge on any atom is -0.277 e. The largest absolute Gasteiger partial charge is 0.417 e. The first-order valence-electron chi connectivity index (χ1n) is 9.30. The molecule has 3 aromatic heterocycles. The second-order valence-corrected chi connectivity index (χ2v) is 7.97. The molecule has 4 aromatic rings. The van der Waals surface area contributed by atoms with E-state index in [0.29, 0.717) is 16.6 Å². The molecular weight excluding hydrogens is 418 g/mol. The van der Waals surface area contributed by atoms with Gasteiger partial charge in [0.2, 0.25) is 0 Å². The molecule has 5 rings (SSSR count). The van der Waals surface area contributed by atoms with Crippen LogP contribution in [0, 0.1) is 5.82 Å². The van der Waals surface area contributed by atoms with E-state index in [1.165, 1.54) is 34.4 Å². The Morgan fingerprint density at radius 2 is 1.80 bits per heavy atom. The van der Waals surface area contributed by atoms with Crippen molar-refractivity contribution in [3.8, 4) is 5.69 Å². The molecule has 0 fully saturated rings. The molecule has 0 saturated carbocycles. The van der Waals surface area contributed by atoms with Crippen LogP contribution in [0.15, 0.2) is 47.8 Å². The van der Waals surface area contributed by atoms with Crippen LogP contribution in [0.3, 0.4) is 0 Å². The lowest BCUT2D eigenvalue weighted by atomic mass is 10.2. The molecular formula is C20H15F4N5S. The molecule has 10 heteroatoms. The standard InChI is InChI=1S/C20H15F4N5S/c21-13-5-7-14(8-6-13)29-17-3-1-2-15(17)16(27-29)11-30-19-26-25-18-9-4-12(10-28(18)19)20(22,23)24/h4-10H,1-3,11H2. The maximum atomic E-state index is 13.3. The van der Waals surface area contributed by atoms with Gasteiger partial charge in [0, 0.05) is 17.6 Å². The minimum absolute atomic E-state index is 0.310. The van der Waals surface area contributed by atoms with Crippen molar-refractivity contribution in [2.24, 2.45) is 0 Å². The molecule has 1 aromatic carbocycles. The number of alkyl halides is 3. The molecule has 0 saturated heterocycles. The predicted octanol–water partition coefficient (Wildman–Crippen LogP) is 4.85. The normalized spacial score (nSPS) is 13.9. The molecule has 3 heterocycles. The number of pyridine rings is 1. The number of hydrogen-bond donors (Lipinski definition) is 0. The van der Waals surface area contributed by atoms with Gasteiger partial charge in [-0.1, -0.05) is 11.8 Å². The third kappa shape index (κ3) is 3.34. The molecule has 0 atom stereocenters. The van der Waals surface area contributed by atoms with E-state index in [-0.39, 0.29) is 5.82 Å². The molecule has 0 spiro atoms. The summed E-state index contributed by atoms with van der Waals surface area (Å²) in [5, 5.41) is 13.1. The summed E-state index contributed by atoms with van der Waals surface area (Å²) >= 11 is 1.29. The minimum atomic E-state index is -4.44. The molecule has 0 aliphatic heterocycles. The van der Waals surface area contributed by atoms with Crippen LogP contribution < -0.4 is 0 Å². The van der Waals surface area contributed by atoms with Gasteiger partial charge in [-0.25, -0.2) is 9.07 Å². The van der Waals surface area contributed by atoms with Crippen molar-refractivity contribution < 1.29 is 17.6 Å². The second-order valence-electron chi connectivity index (χ2n) is 7.03. The highest BCUT2D eigenvalue weighted by atomic mass is 32.2. The van der Waals surface area contributed by atoms with E-state index in [4.69, 9.17) is 5.10 Å². The Morgan fingerprint density at radius 3 is 2.57 bits per heavy atom. The number of fused-ring (bicyclic) bond motifs is 2. The van der Waals surface area contributed by atoms with Crippen LogP contribution in [-0.4, -0.2) is 24.4 Å². The van der Waals surface area contributed by atoms with Crippen LogP contribution in [-0.2, 0) is 24.8 Å². The average Bonchev–Trinajstić information content (AvgIpc) is 3.42. The summed E-state index contributed by atoms with van der Waals surface area (Å²) in [6, 6.07) is 8.46. The summed E-state index contributed by atoms with van der Waals surface area (Å²) in [6.45, 7) is 0. The van der Waals surface area contributed by atoms with Gasteiger partial charge in [0.1, 0.15) is 5.82 Å². The molecule has 30 heavy (non-hydrogen) atoms. The van der Waals surface area contributed by atoms with Gasteiger partial charge in [0.05, 0.1) is 16.9 Å². The van der Waals surface area contributed by atoms with Gasteiger partial charge in [-0.3, -0.25) is 4.40 Å². The fourth-order valence-corrected chi connectivity index (χ4v) is 4.58. The third-order valence-electron chi connectivity index (χ3n) is 5.12. The maximum Gasteiger partial charge on any atom is 0.417 e. The monoisotopic (exact) mass is 433 g/mol. The van der Waals surface area contributed by atoms with Crippen LogP contribution in [0.5, 0.6) is 0 Å². The van der Waals surface area contributed by atoms with E-state index in [0.717, 1.165) is 54.2 Å². The quantitative estimate of drug-likeness (QED) is 0.341. The summed E-state index contributed by atoms with van der Waals surface area (Å²) in [6.07, 6.45) is -0.637. The highest BCUT2D eigenvalue weighted by Crippen LogP contribution is 2.33. The Kier molecular flexibility index (Phi) is 4.53. The summed E-state index contributed by atoms with van der Waals surface area (Å²) in [4.78, 5) is 0. The van der Waals surface area contributed by atoms with Gasteiger partial charge >= 0.3 is 6.18 Å². The van der Waals surface area contributed by atoms with E-state index in [1.807, 2.05) is 4.68 Å². The first-order chi connectivity index (χ1) is 14.4. The van der Waals surface area contributed by atoms with Crippen molar-refractivity contribution in [2.75, 3.05) is 0 Å². The van der Waals surface area contributed by atoms with E-state index < -0.39 is 11.7 Å². The average molecular weight is 433 g/mol. The molecule has 154 valence electrons. The summed E-state index contributed by atoms with van der Waals surface area (Å²) in [7, 11) is 0. The van der Waals surface area contributed by atoms with Crippen molar-refractivity contribution >= 4 is 17.4 Å². The van der Waals surface area contributed by atoms with E-state index in [9.17, 15) is 17.6 Å². The van der Waals surface area contributed by atoms with Gasteiger partial charge in [-0.05, 0) is 61.2 Å². The summed E-state index contributed by atoms with van der Waals surface area (Å²) in [5.74, 6) is 0.142. The van der Waals surface area contributed by atoms with Gasteiger partial charge in [0.15, 0.2) is 10.8 Å². The van der Waals surface area contributed by atoms with Gasteiger partial charge in [-0.2, -0.15) is 18.3 Å². The zero-order valence-corrected chi connectivity index (χ0v) is 16.3. The number of nitrogens with zero attached hydrogens (tertiary/aromatic N) is 5. The lowest BCUT2D eigenvalue weighted by molar-refractivity contribution is -0.137. The zero-order valence-electron chi connectivity index (χ0n) is 15.5. The predicted molar refractivity (Wildman–Crippen MR) is 103 cm³/mol. The SMILES string of the molecule is Fc1ccc(-n2nc(CSc3nnc4ccc(C(F)(F)F)cn34)c3c2CCC3)cc1. The highest BCUT2D eigenvalue weighted by Gasteiger charge is 2.31. The Morgan fingerprint density at radius 1 is 1.00 bits per heavy atom. The van der Waals surface area contributed by atoms with Crippen molar-refractivity contribution in [1.82, 2.24) is 24.4 Å². The van der Waals surface area contributed by atoms with Crippen LogP contribution in [0.4, 0.5) is 17.6 Å². The second kappa shape index (κ2) is 7.12. The smallest absolute Gasteiger partial charge is 0.277 e. The summed E-state index contributed by atoms with van der Waals surface area (Å²) in [5.41, 5.74) is 3.50. The number of halogens is 4. The lowest BCUT2D eigenvalue weighted by Crippen LogP contribution is -2.06. The van der Waals surface area contributed by atoms with Crippen LogP contribution in [0.2, 0.25) is 0 Å². The van der Waals surface area contributed by atoms with Crippen LogP contribution >= 0.6 is 11.8 Å². The highest BCUT2D eigenvalue weighted by molar-refractivity contribution is 7.98. The Hall–Kier alpha value is -2.88. The molecule has 0 bridgehead atoms. The first kappa shape index (κ1) is 19.1. The van der Waals surface area contributed by atoms with E-state index in [2.05, 4.69) is 10.2 Å². The lowest BCUT2D eigenvalue weighted by Gasteiger charge is -2.07. The van der Waals surface area contributed by atoms with Crippen LogP contribution in [0.1, 0.15) is 28.9 Å². The van der Waals surface area contributed by atoms with E-state index >= 15 is 0 Å². The molecule has 0 N–H and O–H groups in total. The number of thioether (sulfide) groups is 1. The van der Waals surface area contributed by atoms with Crippen molar-refractivity contribution in [1.29, 1.82) is 0 Å². The third-order valence-corrected chi connectivity index (χ3v) is 6.08. The Bertz CT molecular complexity index is 1230. The molecule has 1 aliphatic carbocycles. The maximum absolute atomic E-state index is 13.3. The Labute approximate surface area is 172 Å². The van der Waals surface area contributed by atoms with Crippen LogP contribution in [0.25, 0.3) is 11.3 Å². The summed E-state index contributed by atoms with van der Waals surface area (Å²) < 4.78 is 55.6.